The minimum Gasteiger partial charge on any atom is -0.437 e. The van der Waals surface area contributed by atoms with Crippen LogP contribution in [0.4, 0.5) is 8.78 Å². The van der Waals surface area contributed by atoms with Crippen molar-refractivity contribution in [1.29, 1.82) is 0 Å². The number of ether oxygens (including phenoxy) is 1. The maximum Gasteiger partial charge on any atom is 0.243 e. The van der Waals surface area contributed by atoms with Crippen LogP contribution in [0.1, 0.15) is 12.6 Å². The first-order chi connectivity index (χ1) is 10.2. The Bertz CT molecular complexity index is 769. The van der Waals surface area contributed by atoms with Gasteiger partial charge in [0.15, 0.2) is 16.6 Å². The lowest BCUT2D eigenvalue weighted by Gasteiger charge is -2.07. The summed E-state index contributed by atoms with van der Waals surface area (Å²) in [6.07, 6.45) is 1.90. The highest BCUT2D eigenvalue weighted by Crippen LogP contribution is 2.28. The molecule has 0 aliphatic rings. The van der Waals surface area contributed by atoms with Crippen LogP contribution in [0, 0.1) is 11.6 Å². The van der Waals surface area contributed by atoms with Gasteiger partial charge in [-0.05, 0) is 18.7 Å². The van der Waals surface area contributed by atoms with Gasteiger partial charge in [-0.25, -0.2) is 8.78 Å². The van der Waals surface area contributed by atoms with E-state index in [-0.39, 0.29) is 5.75 Å². The minimum atomic E-state index is -0.943. The Morgan fingerprint density at radius 2 is 2.19 bits per heavy atom. The Labute approximate surface area is 124 Å². The average Bonchev–Trinajstić information content (AvgIpc) is 3.02. The number of hydrogen-bond donors (Lipinski definition) is 1. The zero-order valence-corrected chi connectivity index (χ0v) is 12.1. The number of imidazole rings is 1. The van der Waals surface area contributed by atoms with Gasteiger partial charge in [-0.1, -0.05) is 6.92 Å². The van der Waals surface area contributed by atoms with E-state index in [2.05, 4.69) is 10.3 Å². The summed E-state index contributed by atoms with van der Waals surface area (Å²) >= 11 is 1.48. The summed E-state index contributed by atoms with van der Waals surface area (Å²) in [5, 5.41) is 5.14. The number of thiazole rings is 1. The Morgan fingerprint density at radius 3 is 2.95 bits per heavy atom. The molecule has 3 aromatic rings. The van der Waals surface area contributed by atoms with Crippen molar-refractivity contribution >= 4 is 16.3 Å². The van der Waals surface area contributed by atoms with E-state index in [4.69, 9.17) is 4.74 Å². The molecular weight excluding hydrogens is 296 g/mol. The van der Waals surface area contributed by atoms with Crippen molar-refractivity contribution in [3.05, 3.63) is 47.1 Å². The van der Waals surface area contributed by atoms with Gasteiger partial charge in [0.25, 0.3) is 0 Å². The third-order valence-electron chi connectivity index (χ3n) is 2.97. The number of aromatic nitrogens is 2. The van der Waals surface area contributed by atoms with E-state index in [0.29, 0.717) is 12.4 Å². The molecule has 110 valence electrons. The Morgan fingerprint density at radius 1 is 1.33 bits per heavy atom. The largest absolute Gasteiger partial charge is 0.437 e. The molecule has 0 saturated carbocycles. The summed E-state index contributed by atoms with van der Waals surface area (Å²) in [6, 6.07) is 3.43. The van der Waals surface area contributed by atoms with Gasteiger partial charge in [-0.15, -0.1) is 11.3 Å². The van der Waals surface area contributed by atoms with E-state index in [0.717, 1.165) is 29.3 Å². The molecule has 21 heavy (non-hydrogen) atoms. The molecule has 0 amide bonds. The summed E-state index contributed by atoms with van der Waals surface area (Å²) < 4.78 is 33.7. The highest BCUT2D eigenvalue weighted by atomic mass is 32.1. The first-order valence-corrected chi connectivity index (χ1v) is 7.35. The fraction of sp³-hybridized carbons (Fsp3) is 0.214. The van der Waals surface area contributed by atoms with E-state index in [1.807, 2.05) is 22.9 Å². The molecule has 2 heterocycles. The van der Waals surface area contributed by atoms with Crippen LogP contribution in [-0.4, -0.2) is 15.9 Å². The first kappa shape index (κ1) is 14.0. The van der Waals surface area contributed by atoms with Crippen molar-refractivity contribution in [2.24, 2.45) is 0 Å². The molecule has 0 unspecified atom stereocenters. The van der Waals surface area contributed by atoms with Crippen LogP contribution >= 0.6 is 11.3 Å². The Balaban J connectivity index is 1.94. The molecule has 0 atom stereocenters. The predicted molar refractivity (Wildman–Crippen MR) is 76.9 cm³/mol. The number of hydrogen-bond acceptors (Lipinski definition) is 4. The van der Waals surface area contributed by atoms with E-state index in [1.54, 1.807) is 0 Å². The van der Waals surface area contributed by atoms with Gasteiger partial charge in [0.2, 0.25) is 5.88 Å². The summed E-state index contributed by atoms with van der Waals surface area (Å²) in [4.78, 5) is 5.17. The van der Waals surface area contributed by atoms with Gasteiger partial charge in [0.1, 0.15) is 11.4 Å². The lowest BCUT2D eigenvalue weighted by atomic mass is 10.3. The summed E-state index contributed by atoms with van der Waals surface area (Å²) in [5.74, 6) is -1.23. The molecule has 0 aliphatic heterocycles. The van der Waals surface area contributed by atoms with Crippen molar-refractivity contribution in [3.63, 3.8) is 0 Å². The third kappa shape index (κ3) is 2.74. The van der Waals surface area contributed by atoms with Crippen molar-refractivity contribution in [2.75, 3.05) is 6.54 Å². The van der Waals surface area contributed by atoms with E-state index in [1.165, 1.54) is 17.4 Å². The van der Waals surface area contributed by atoms with Crippen molar-refractivity contribution in [3.8, 4) is 11.6 Å². The molecule has 0 bridgehead atoms. The summed E-state index contributed by atoms with van der Waals surface area (Å²) in [5.41, 5.74) is 0.845. The molecule has 0 spiro atoms. The standard InChI is InChI=1S/C14H13F2N3OS/c1-2-17-8-12-13(18-14-19(12)5-6-21-14)20-9-3-4-10(15)11(16)7-9/h3-7,17H,2,8H2,1H3. The molecule has 4 nitrogen and oxygen atoms in total. The molecule has 3 rings (SSSR count). The van der Waals surface area contributed by atoms with Crippen LogP contribution in [0.5, 0.6) is 11.6 Å². The predicted octanol–water partition coefficient (Wildman–Crippen LogP) is 3.58. The second-order valence-corrected chi connectivity index (χ2v) is 5.25. The second kappa shape index (κ2) is 5.79. The highest BCUT2D eigenvalue weighted by molar-refractivity contribution is 7.15. The summed E-state index contributed by atoms with van der Waals surface area (Å²) in [7, 11) is 0. The quantitative estimate of drug-likeness (QED) is 0.783. The van der Waals surface area contributed by atoms with Crippen LogP contribution in [0.2, 0.25) is 0 Å². The lowest BCUT2D eigenvalue weighted by molar-refractivity contribution is 0.442. The van der Waals surface area contributed by atoms with Crippen LogP contribution in [0.25, 0.3) is 4.96 Å². The topological polar surface area (TPSA) is 38.6 Å². The number of benzene rings is 1. The minimum absolute atomic E-state index is 0.220. The molecule has 0 radical (unpaired) electrons. The zero-order chi connectivity index (χ0) is 14.8. The average molecular weight is 309 g/mol. The van der Waals surface area contributed by atoms with E-state index in [9.17, 15) is 8.78 Å². The maximum absolute atomic E-state index is 13.2. The van der Waals surface area contributed by atoms with Crippen LogP contribution in [0.15, 0.2) is 29.8 Å². The van der Waals surface area contributed by atoms with Crippen LogP contribution < -0.4 is 10.1 Å². The molecule has 1 N–H and O–H groups in total. The fourth-order valence-electron chi connectivity index (χ4n) is 1.95. The number of rotatable bonds is 5. The number of nitrogens with one attached hydrogen (secondary N) is 1. The molecule has 7 heteroatoms. The molecule has 0 saturated heterocycles. The van der Waals surface area contributed by atoms with Crippen molar-refractivity contribution < 1.29 is 13.5 Å². The second-order valence-electron chi connectivity index (χ2n) is 4.38. The van der Waals surface area contributed by atoms with Crippen molar-refractivity contribution in [2.45, 2.75) is 13.5 Å². The number of nitrogens with zero attached hydrogens (tertiary/aromatic N) is 2. The molecular formula is C14H13F2N3OS. The van der Waals surface area contributed by atoms with Crippen molar-refractivity contribution in [1.82, 2.24) is 14.7 Å². The van der Waals surface area contributed by atoms with Gasteiger partial charge in [0, 0.05) is 24.2 Å². The molecule has 0 fully saturated rings. The Kier molecular flexibility index (Phi) is 3.85. The third-order valence-corrected chi connectivity index (χ3v) is 3.73. The maximum atomic E-state index is 13.2. The molecule has 1 aromatic carbocycles. The monoisotopic (exact) mass is 309 g/mol. The molecule has 0 aliphatic carbocycles. The van der Waals surface area contributed by atoms with E-state index >= 15 is 0 Å². The van der Waals surface area contributed by atoms with Gasteiger partial charge in [0.05, 0.1) is 0 Å². The molecule has 2 aromatic heterocycles. The normalized spacial score (nSPS) is 11.2. The van der Waals surface area contributed by atoms with Gasteiger partial charge in [-0.3, -0.25) is 4.40 Å². The zero-order valence-electron chi connectivity index (χ0n) is 11.3. The van der Waals surface area contributed by atoms with Gasteiger partial charge < -0.3 is 10.1 Å². The Hall–Kier alpha value is -1.99. The number of fused-ring (bicyclic) bond motifs is 1. The van der Waals surface area contributed by atoms with Gasteiger partial charge in [-0.2, -0.15) is 4.98 Å². The smallest absolute Gasteiger partial charge is 0.243 e. The SMILES string of the molecule is CCNCc1c(Oc2ccc(F)c(F)c2)nc2sccn12. The first-order valence-electron chi connectivity index (χ1n) is 6.47. The summed E-state index contributed by atoms with van der Waals surface area (Å²) in [6.45, 7) is 3.39. The van der Waals surface area contributed by atoms with E-state index < -0.39 is 11.6 Å². The van der Waals surface area contributed by atoms with Crippen LogP contribution in [0.3, 0.4) is 0 Å². The highest BCUT2D eigenvalue weighted by Gasteiger charge is 2.15. The fourth-order valence-corrected chi connectivity index (χ4v) is 2.68. The number of halogens is 2. The lowest BCUT2D eigenvalue weighted by Crippen LogP contribution is -2.13. The van der Waals surface area contributed by atoms with Crippen LogP contribution in [-0.2, 0) is 6.54 Å². The van der Waals surface area contributed by atoms with Gasteiger partial charge >= 0.3 is 0 Å².